The van der Waals surface area contributed by atoms with Crippen molar-refractivity contribution >= 4 is 21.8 Å². The second kappa shape index (κ2) is 6.79. The number of aromatic nitrogens is 1. The van der Waals surface area contributed by atoms with Gasteiger partial charge in [-0.15, -0.1) is 0 Å². The Hall–Kier alpha value is -1.88. The van der Waals surface area contributed by atoms with Crippen LogP contribution in [0.5, 0.6) is 0 Å². The van der Waals surface area contributed by atoms with Crippen molar-refractivity contribution < 1.29 is 4.79 Å². The lowest BCUT2D eigenvalue weighted by Crippen LogP contribution is -2.41. The van der Waals surface area contributed by atoms with Crippen LogP contribution in [-0.2, 0) is 17.8 Å². The van der Waals surface area contributed by atoms with Crippen LogP contribution in [0.25, 0.3) is 0 Å². The Morgan fingerprint density at radius 3 is 2.76 bits per heavy atom. The van der Waals surface area contributed by atoms with E-state index in [-0.39, 0.29) is 24.1 Å². The average molecular weight is 401 g/mol. The highest BCUT2D eigenvalue weighted by Crippen LogP contribution is 2.40. The third-order valence-electron chi connectivity index (χ3n) is 5.15. The molecule has 2 aliphatic rings. The minimum Gasteiger partial charge on any atom is -0.331 e. The van der Waals surface area contributed by atoms with E-state index >= 15 is 0 Å². The van der Waals surface area contributed by atoms with Gasteiger partial charge in [0.05, 0.1) is 6.04 Å². The van der Waals surface area contributed by atoms with Crippen molar-refractivity contribution in [2.24, 2.45) is 0 Å². The number of rotatable bonds is 4. The molecular formula is C20H21BrN2O2. The Bertz CT molecular complexity index is 857. The predicted octanol–water partition coefficient (Wildman–Crippen LogP) is 3.68. The minimum absolute atomic E-state index is 0.0457. The normalized spacial score (nSPS) is 19.3. The number of aryl methyl sites for hydroxylation is 1. The smallest absolute Gasteiger partial charge is 0.251 e. The molecule has 25 heavy (non-hydrogen) atoms. The molecule has 1 heterocycles. The standard InChI is InChI=1S/C20H21BrN2O2/c21-15-8-11-19(24)22(12-15)13-20(25)23(16-9-10-16)18-7-3-5-14-4-1-2-6-17(14)18/h1-2,4,6,8,11-12,16,18H,3,5,7,9-10,13H2. The molecule has 1 atom stereocenters. The summed E-state index contributed by atoms with van der Waals surface area (Å²) in [7, 11) is 0. The van der Waals surface area contributed by atoms with Gasteiger partial charge < -0.3 is 9.47 Å². The van der Waals surface area contributed by atoms with Gasteiger partial charge in [0.15, 0.2) is 0 Å². The number of benzene rings is 1. The lowest BCUT2D eigenvalue weighted by molar-refractivity contribution is -0.135. The van der Waals surface area contributed by atoms with Crippen LogP contribution in [0.15, 0.2) is 51.9 Å². The van der Waals surface area contributed by atoms with Crippen LogP contribution < -0.4 is 5.56 Å². The Morgan fingerprint density at radius 1 is 1.16 bits per heavy atom. The summed E-state index contributed by atoms with van der Waals surface area (Å²) in [5.74, 6) is 0.0457. The van der Waals surface area contributed by atoms with Gasteiger partial charge >= 0.3 is 0 Å². The number of nitrogens with zero attached hydrogens (tertiary/aromatic N) is 2. The van der Waals surface area contributed by atoms with E-state index < -0.39 is 0 Å². The topological polar surface area (TPSA) is 42.3 Å². The van der Waals surface area contributed by atoms with Gasteiger partial charge in [-0.3, -0.25) is 9.59 Å². The average Bonchev–Trinajstić information content (AvgIpc) is 3.43. The Morgan fingerprint density at radius 2 is 1.96 bits per heavy atom. The van der Waals surface area contributed by atoms with Crippen LogP contribution >= 0.6 is 15.9 Å². The highest BCUT2D eigenvalue weighted by Gasteiger charge is 2.39. The molecule has 1 aromatic carbocycles. The SMILES string of the molecule is O=C(Cn1cc(Br)ccc1=O)N(C1CC1)C1CCCc2ccccc21. The number of fused-ring (bicyclic) bond motifs is 1. The summed E-state index contributed by atoms with van der Waals surface area (Å²) in [5.41, 5.74) is 2.50. The second-order valence-corrected chi connectivity index (χ2v) is 7.87. The van der Waals surface area contributed by atoms with E-state index in [0.717, 1.165) is 36.6 Å². The van der Waals surface area contributed by atoms with Crippen LogP contribution in [0.2, 0.25) is 0 Å². The van der Waals surface area contributed by atoms with Gasteiger partial charge in [0.1, 0.15) is 6.54 Å². The van der Waals surface area contributed by atoms with Gasteiger partial charge in [0.25, 0.3) is 5.56 Å². The van der Waals surface area contributed by atoms with Crippen molar-refractivity contribution in [3.8, 4) is 0 Å². The molecule has 4 nitrogen and oxygen atoms in total. The minimum atomic E-state index is -0.142. The summed E-state index contributed by atoms with van der Waals surface area (Å²) >= 11 is 3.38. The molecule has 1 unspecified atom stereocenters. The van der Waals surface area contributed by atoms with Crippen LogP contribution in [0.1, 0.15) is 42.9 Å². The third-order valence-corrected chi connectivity index (χ3v) is 5.62. The molecule has 0 saturated heterocycles. The van der Waals surface area contributed by atoms with Crippen LogP contribution in [-0.4, -0.2) is 21.4 Å². The van der Waals surface area contributed by atoms with Crippen molar-refractivity contribution in [3.05, 3.63) is 68.5 Å². The van der Waals surface area contributed by atoms with Gasteiger partial charge in [-0.25, -0.2) is 0 Å². The molecular weight excluding hydrogens is 380 g/mol. The third kappa shape index (κ3) is 3.43. The summed E-state index contributed by atoms with van der Waals surface area (Å²) in [6.45, 7) is 0.105. The zero-order valence-corrected chi connectivity index (χ0v) is 15.6. The molecule has 0 radical (unpaired) electrons. The van der Waals surface area contributed by atoms with Gasteiger partial charge in [0, 0.05) is 22.8 Å². The zero-order chi connectivity index (χ0) is 17.4. The summed E-state index contributed by atoms with van der Waals surface area (Å²) in [6, 6.07) is 12.1. The van der Waals surface area contributed by atoms with E-state index in [0.29, 0.717) is 6.04 Å². The Balaban J connectivity index is 1.63. The molecule has 1 saturated carbocycles. The first-order chi connectivity index (χ1) is 12.1. The highest BCUT2D eigenvalue weighted by molar-refractivity contribution is 9.10. The van der Waals surface area contributed by atoms with E-state index in [4.69, 9.17) is 0 Å². The number of pyridine rings is 1. The summed E-state index contributed by atoms with van der Waals surface area (Å²) < 4.78 is 2.30. The lowest BCUT2D eigenvalue weighted by Gasteiger charge is -2.36. The van der Waals surface area contributed by atoms with Gasteiger partial charge in [-0.2, -0.15) is 0 Å². The number of carbonyl (C=O) groups excluding carboxylic acids is 1. The van der Waals surface area contributed by atoms with Crippen LogP contribution in [0.4, 0.5) is 0 Å². The molecule has 2 aromatic rings. The Labute approximate surface area is 155 Å². The lowest BCUT2D eigenvalue weighted by atomic mass is 9.86. The Kier molecular flexibility index (Phi) is 4.50. The monoisotopic (exact) mass is 400 g/mol. The number of halogens is 1. The van der Waals surface area contributed by atoms with Crippen LogP contribution in [0, 0.1) is 0 Å². The van der Waals surface area contributed by atoms with E-state index in [1.165, 1.54) is 21.8 Å². The number of hydrogen-bond acceptors (Lipinski definition) is 2. The van der Waals surface area contributed by atoms with Crippen molar-refractivity contribution in [1.29, 1.82) is 0 Å². The van der Waals surface area contributed by atoms with E-state index in [9.17, 15) is 9.59 Å². The van der Waals surface area contributed by atoms with Crippen molar-refractivity contribution in [2.75, 3.05) is 0 Å². The van der Waals surface area contributed by atoms with Crippen molar-refractivity contribution in [1.82, 2.24) is 9.47 Å². The molecule has 1 fully saturated rings. The second-order valence-electron chi connectivity index (χ2n) is 6.95. The van der Waals surface area contributed by atoms with E-state index in [1.807, 2.05) is 0 Å². The molecule has 0 aliphatic heterocycles. The molecule has 1 amide bonds. The molecule has 4 rings (SSSR count). The van der Waals surface area contributed by atoms with Gasteiger partial charge in [-0.1, -0.05) is 24.3 Å². The number of amides is 1. The zero-order valence-electron chi connectivity index (χ0n) is 14.0. The van der Waals surface area contributed by atoms with Gasteiger partial charge in [0.2, 0.25) is 5.91 Å². The first-order valence-electron chi connectivity index (χ1n) is 8.88. The summed E-state index contributed by atoms with van der Waals surface area (Å²) in [6.07, 6.45) is 7.03. The van der Waals surface area contributed by atoms with E-state index in [1.54, 1.807) is 12.3 Å². The molecule has 5 heteroatoms. The molecule has 0 N–H and O–H groups in total. The van der Waals surface area contributed by atoms with Crippen LogP contribution in [0.3, 0.4) is 0 Å². The maximum Gasteiger partial charge on any atom is 0.251 e. The van der Waals surface area contributed by atoms with Crippen molar-refractivity contribution in [3.63, 3.8) is 0 Å². The molecule has 0 spiro atoms. The quantitative estimate of drug-likeness (QED) is 0.785. The fraction of sp³-hybridized carbons (Fsp3) is 0.400. The first kappa shape index (κ1) is 16.6. The van der Waals surface area contributed by atoms with Crippen molar-refractivity contribution in [2.45, 2.75) is 50.7 Å². The predicted molar refractivity (Wildman–Crippen MR) is 100 cm³/mol. The fourth-order valence-electron chi connectivity index (χ4n) is 3.85. The fourth-order valence-corrected chi connectivity index (χ4v) is 4.23. The maximum atomic E-state index is 13.1. The summed E-state index contributed by atoms with van der Waals surface area (Å²) in [5, 5.41) is 0. The molecule has 2 aliphatic carbocycles. The van der Waals surface area contributed by atoms with E-state index in [2.05, 4.69) is 45.1 Å². The number of hydrogen-bond donors (Lipinski definition) is 0. The maximum absolute atomic E-state index is 13.1. The van der Waals surface area contributed by atoms with Gasteiger partial charge in [-0.05, 0) is 65.2 Å². The highest BCUT2D eigenvalue weighted by atomic mass is 79.9. The largest absolute Gasteiger partial charge is 0.331 e. The molecule has 130 valence electrons. The number of carbonyl (C=O) groups is 1. The summed E-state index contributed by atoms with van der Waals surface area (Å²) in [4.78, 5) is 27.2. The molecule has 1 aromatic heterocycles. The first-order valence-corrected chi connectivity index (χ1v) is 9.68. The molecule has 0 bridgehead atoms.